The summed E-state index contributed by atoms with van der Waals surface area (Å²) in [5, 5.41) is 9.27. The molecule has 3 aromatic rings. The number of aromatic nitrogens is 2. The summed E-state index contributed by atoms with van der Waals surface area (Å²) >= 11 is 0. The maximum absolute atomic E-state index is 11.3. The van der Waals surface area contributed by atoms with Gasteiger partial charge in [-0.2, -0.15) is 0 Å². The van der Waals surface area contributed by atoms with E-state index in [4.69, 9.17) is 9.47 Å². The van der Waals surface area contributed by atoms with E-state index < -0.39 is 5.97 Å². The van der Waals surface area contributed by atoms with Crippen LogP contribution in [0, 0.1) is 6.92 Å². The minimum atomic E-state index is -0.920. The third-order valence-corrected chi connectivity index (χ3v) is 3.92. The molecule has 0 amide bonds. The molecule has 0 atom stereocenters. The molecule has 0 saturated carbocycles. The maximum atomic E-state index is 11.3. The van der Waals surface area contributed by atoms with Crippen LogP contribution in [0.4, 0.5) is 0 Å². The highest BCUT2D eigenvalue weighted by Crippen LogP contribution is 2.37. The standard InChI is InChI=1S/C17H14N2O4/c1-10-4-2-3-5-11(10)17-18-12-6-14-15(23-9-22-14)7-13(12)19(17)8-16(20)21/h2-7H,8-9H2,1H3,(H,20,21). The molecule has 23 heavy (non-hydrogen) atoms. The van der Waals surface area contributed by atoms with Gasteiger partial charge in [-0.25, -0.2) is 4.98 Å². The molecule has 1 aliphatic rings. The Balaban J connectivity index is 2.00. The number of carboxylic acid groups (broad SMARTS) is 1. The van der Waals surface area contributed by atoms with Crippen LogP contribution in [0.2, 0.25) is 0 Å². The molecule has 1 N–H and O–H groups in total. The molecule has 116 valence electrons. The van der Waals surface area contributed by atoms with Gasteiger partial charge in [0, 0.05) is 17.7 Å². The number of aliphatic carboxylic acids is 1. The van der Waals surface area contributed by atoms with Gasteiger partial charge in [-0.3, -0.25) is 4.79 Å². The summed E-state index contributed by atoms with van der Waals surface area (Å²) < 4.78 is 12.5. The molecule has 0 unspecified atom stereocenters. The summed E-state index contributed by atoms with van der Waals surface area (Å²) in [6, 6.07) is 11.4. The normalized spacial score (nSPS) is 12.7. The molecule has 1 aliphatic heterocycles. The van der Waals surface area contributed by atoms with Gasteiger partial charge in [-0.05, 0) is 12.5 Å². The highest BCUT2D eigenvalue weighted by atomic mass is 16.7. The van der Waals surface area contributed by atoms with E-state index in [1.807, 2.05) is 31.2 Å². The van der Waals surface area contributed by atoms with Crippen LogP contribution in [0.3, 0.4) is 0 Å². The molecule has 2 aromatic carbocycles. The first-order valence-corrected chi connectivity index (χ1v) is 7.21. The van der Waals surface area contributed by atoms with E-state index in [0.717, 1.165) is 16.6 Å². The summed E-state index contributed by atoms with van der Waals surface area (Å²) in [4.78, 5) is 15.9. The van der Waals surface area contributed by atoms with Gasteiger partial charge in [0.1, 0.15) is 12.4 Å². The smallest absolute Gasteiger partial charge is 0.323 e. The Morgan fingerprint density at radius 3 is 2.74 bits per heavy atom. The Labute approximate surface area is 131 Å². The van der Waals surface area contributed by atoms with Crippen molar-refractivity contribution in [1.29, 1.82) is 0 Å². The molecule has 4 rings (SSSR count). The Morgan fingerprint density at radius 2 is 2.00 bits per heavy atom. The average Bonchev–Trinajstić information content (AvgIpc) is 3.10. The fraction of sp³-hybridized carbons (Fsp3) is 0.176. The third kappa shape index (κ3) is 2.19. The molecule has 0 aliphatic carbocycles. The molecule has 6 nitrogen and oxygen atoms in total. The Morgan fingerprint density at radius 1 is 1.26 bits per heavy atom. The molecule has 2 heterocycles. The predicted octanol–water partition coefficient (Wildman–Crippen LogP) is 2.83. The van der Waals surface area contributed by atoms with Gasteiger partial charge in [0.2, 0.25) is 6.79 Å². The largest absolute Gasteiger partial charge is 0.480 e. The number of aryl methyl sites for hydroxylation is 1. The van der Waals surface area contributed by atoms with Crippen LogP contribution in [0.15, 0.2) is 36.4 Å². The van der Waals surface area contributed by atoms with Crippen molar-refractivity contribution in [2.75, 3.05) is 6.79 Å². The molecular weight excluding hydrogens is 296 g/mol. The second-order valence-electron chi connectivity index (χ2n) is 5.42. The summed E-state index contributed by atoms with van der Waals surface area (Å²) in [6.07, 6.45) is 0. The van der Waals surface area contributed by atoms with E-state index in [9.17, 15) is 9.90 Å². The fourth-order valence-electron chi connectivity index (χ4n) is 2.84. The van der Waals surface area contributed by atoms with Crippen molar-refractivity contribution in [3.8, 4) is 22.9 Å². The first kappa shape index (κ1) is 13.6. The molecule has 1 aromatic heterocycles. The Bertz CT molecular complexity index is 930. The van der Waals surface area contributed by atoms with E-state index in [0.29, 0.717) is 22.8 Å². The number of carbonyl (C=O) groups is 1. The highest BCUT2D eigenvalue weighted by Gasteiger charge is 2.21. The summed E-state index contributed by atoms with van der Waals surface area (Å²) in [5.74, 6) is 0.954. The Hall–Kier alpha value is -3.02. The molecule has 0 spiro atoms. The monoisotopic (exact) mass is 310 g/mol. The SMILES string of the molecule is Cc1ccccc1-c1nc2cc3c(cc2n1CC(=O)O)OCO3. The number of hydrogen-bond acceptors (Lipinski definition) is 4. The van der Waals surface area contributed by atoms with Gasteiger partial charge in [0.25, 0.3) is 0 Å². The van der Waals surface area contributed by atoms with Crippen LogP contribution in [-0.2, 0) is 11.3 Å². The number of carboxylic acids is 1. The van der Waals surface area contributed by atoms with E-state index >= 15 is 0 Å². The highest BCUT2D eigenvalue weighted by molar-refractivity contribution is 5.86. The quantitative estimate of drug-likeness (QED) is 0.805. The van der Waals surface area contributed by atoms with Crippen LogP contribution < -0.4 is 9.47 Å². The number of ether oxygens (including phenoxy) is 2. The lowest BCUT2D eigenvalue weighted by molar-refractivity contribution is -0.137. The van der Waals surface area contributed by atoms with Crippen molar-refractivity contribution in [2.24, 2.45) is 0 Å². The van der Waals surface area contributed by atoms with Gasteiger partial charge < -0.3 is 19.1 Å². The summed E-state index contributed by atoms with van der Waals surface area (Å²) in [6.45, 7) is 1.98. The lowest BCUT2D eigenvalue weighted by Gasteiger charge is -2.08. The van der Waals surface area contributed by atoms with Gasteiger partial charge in [0.15, 0.2) is 11.5 Å². The van der Waals surface area contributed by atoms with Crippen molar-refractivity contribution in [1.82, 2.24) is 9.55 Å². The molecular formula is C17H14N2O4. The van der Waals surface area contributed by atoms with Gasteiger partial charge in [-0.15, -0.1) is 0 Å². The Kier molecular flexibility index (Phi) is 2.97. The zero-order chi connectivity index (χ0) is 16.0. The zero-order valence-electron chi connectivity index (χ0n) is 12.4. The molecule has 0 fully saturated rings. The third-order valence-electron chi connectivity index (χ3n) is 3.92. The van der Waals surface area contributed by atoms with E-state index in [1.54, 1.807) is 16.7 Å². The van der Waals surface area contributed by atoms with Gasteiger partial charge in [0.05, 0.1) is 11.0 Å². The number of nitrogens with zero attached hydrogens (tertiary/aromatic N) is 2. The van der Waals surface area contributed by atoms with Crippen molar-refractivity contribution in [3.05, 3.63) is 42.0 Å². The van der Waals surface area contributed by atoms with E-state index in [1.165, 1.54) is 0 Å². The minimum absolute atomic E-state index is 0.167. The topological polar surface area (TPSA) is 73.6 Å². The minimum Gasteiger partial charge on any atom is -0.480 e. The van der Waals surface area contributed by atoms with Crippen LogP contribution in [-0.4, -0.2) is 27.4 Å². The number of hydrogen-bond donors (Lipinski definition) is 1. The number of rotatable bonds is 3. The first-order valence-electron chi connectivity index (χ1n) is 7.21. The van der Waals surface area contributed by atoms with E-state index in [-0.39, 0.29) is 13.3 Å². The van der Waals surface area contributed by atoms with Crippen molar-refractivity contribution in [3.63, 3.8) is 0 Å². The lowest BCUT2D eigenvalue weighted by atomic mass is 10.1. The number of benzene rings is 2. The summed E-state index contributed by atoms with van der Waals surface area (Å²) in [7, 11) is 0. The van der Waals surface area contributed by atoms with Gasteiger partial charge >= 0.3 is 5.97 Å². The zero-order valence-corrected chi connectivity index (χ0v) is 12.4. The fourth-order valence-corrected chi connectivity index (χ4v) is 2.84. The first-order chi connectivity index (χ1) is 11.1. The predicted molar refractivity (Wildman–Crippen MR) is 83.7 cm³/mol. The average molecular weight is 310 g/mol. The molecule has 0 bridgehead atoms. The molecule has 0 saturated heterocycles. The van der Waals surface area contributed by atoms with Crippen molar-refractivity contribution < 1.29 is 19.4 Å². The lowest BCUT2D eigenvalue weighted by Crippen LogP contribution is -2.10. The summed E-state index contributed by atoms with van der Waals surface area (Å²) in [5.41, 5.74) is 3.35. The van der Waals surface area contributed by atoms with E-state index in [2.05, 4.69) is 4.98 Å². The second kappa shape index (κ2) is 5.01. The second-order valence-corrected chi connectivity index (χ2v) is 5.42. The molecule has 6 heteroatoms. The molecule has 0 radical (unpaired) electrons. The number of fused-ring (bicyclic) bond motifs is 2. The van der Waals surface area contributed by atoms with Crippen LogP contribution in [0.1, 0.15) is 5.56 Å². The van der Waals surface area contributed by atoms with Crippen LogP contribution in [0.5, 0.6) is 11.5 Å². The maximum Gasteiger partial charge on any atom is 0.323 e. The van der Waals surface area contributed by atoms with Gasteiger partial charge in [-0.1, -0.05) is 24.3 Å². The van der Waals surface area contributed by atoms with Crippen LogP contribution >= 0.6 is 0 Å². The van der Waals surface area contributed by atoms with Crippen LogP contribution in [0.25, 0.3) is 22.4 Å². The van der Waals surface area contributed by atoms with Crippen molar-refractivity contribution >= 4 is 17.0 Å². The van der Waals surface area contributed by atoms with Crippen molar-refractivity contribution in [2.45, 2.75) is 13.5 Å². The number of imidazole rings is 1.